The van der Waals surface area contributed by atoms with E-state index >= 15 is 0 Å². The molecule has 3 N–H and O–H groups in total. The molecule has 2 aromatic rings. The van der Waals surface area contributed by atoms with E-state index in [1.54, 1.807) is 6.07 Å². The van der Waals surface area contributed by atoms with Crippen molar-refractivity contribution < 1.29 is 14.2 Å². The summed E-state index contributed by atoms with van der Waals surface area (Å²) in [6.45, 7) is 2.00. The van der Waals surface area contributed by atoms with Gasteiger partial charge in [-0.2, -0.15) is 4.98 Å². The molecule has 0 saturated carbocycles. The van der Waals surface area contributed by atoms with E-state index in [0.717, 1.165) is 43.5 Å². The number of rotatable bonds is 4. The maximum Gasteiger partial charge on any atom is 0.296 e. The number of imidazole rings is 1. The molecule has 5 rings (SSSR count). The highest BCUT2D eigenvalue weighted by Gasteiger charge is 2.43. The Morgan fingerprint density at radius 3 is 3.07 bits per heavy atom. The highest BCUT2D eigenvalue weighted by molar-refractivity contribution is 6.35. The zero-order valence-corrected chi connectivity index (χ0v) is 16.1. The fourth-order valence-electron chi connectivity index (χ4n) is 4.04. The van der Waals surface area contributed by atoms with Crippen LogP contribution in [0, 0.1) is 0 Å². The average molecular weight is 404 g/mol. The summed E-state index contributed by atoms with van der Waals surface area (Å²) in [6.07, 6.45) is 5.38. The van der Waals surface area contributed by atoms with Crippen LogP contribution in [0.15, 0.2) is 17.3 Å². The van der Waals surface area contributed by atoms with Crippen molar-refractivity contribution in [2.45, 2.75) is 44.0 Å². The lowest BCUT2D eigenvalue weighted by molar-refractivity contribution is 0.0273. The molecule has 28 heavy (non-hydrogen) atoms. The number of pyridine rings is 1. The molecule has 2 saturated heterocycles. The fraction of sp³-hybridized carbons (Fsp3) is 0.526. The summed E-state index contributed by atoms with van der Waals surface area (Å²) in [4.78, 5) is 16.9. The monoisotopic (exact) mass is 403 g/mol. The second-order valence-corrected chi connectivity index (χ2v) is 7.66. The molecule has 0 aromatic carbocycles. The lowest BCUT2D eigenvalue weighted by Gasteiger charge is -2.15. The van der Waals surface area contributed by atoms with Crippen LogP contribution in [-0.2, 0) is 9.47 Å². The van der Waals surface area contributed by atoms with Crippen LogP contribution in [0.2, 0.25) is 5.02 Å². The molecule has 5 heterocycles. The molecule has 2 fully saturated rings. The first-order valence-corrected chi connectivity index (χ1v) is 10.0. The number of halogens is 1. The summed E-state index contributed by atoms with van der Waals surface area (Å²) >= 11 is 6.51. The van der Waals surface area contributed by atoms with Crippen LogP contribution < -0.4 is 10.5 Å². The van der Waals surface area contributed by atoms with E-state index in [1.807, 2.05) is 0 Å². The Morgan fingerprint density at radius 1 is 1.32 bits per heavy atom. The molecular formula is C19H22ClN5O3. The second kappa shape index (κ2) is 7.35. The quantitative estimate of drug-likeness (QED) is 0.811. The minimum Gasteiger partial charge on any atom is -0.456 e. The van der Waals surface area contributed by atoms with Gasteiger partial charge in [-0.25, -0.2) is 4.98 Å². The number of aliphatic imine (C=N–C) groups is 1. The van der Waals surface area contributed by atoms with Crippen LogP contribution in [0.3, 0.4) is 0 Å². The Bertz CT molecular complexity index is 956. The number of aromatic nitrogens is 3. The third kappa shape index (κ3) is 3.15. The lowest BCUT2D eigenvalue weighted by atomic mass is 9.99. The third-order valence-corrected chi connectivity index (χ3v) is 5.73. The fourth-order valence-corrected chi connectivity index (χ4v) is 4.30. The molecule has 148 valence electrons. The SMILES string of the molecule is NC=C(C1=NCCCC1)c1nc2nc(OC3CO[C@@H]4CCO[C@H]34)[nH]c2cc1Cl. The standard InChI is InChI=1S/C19H22ClN5O3/c20-11-7-13-18(24-16(11)10(8-21)12-3-1-2-5-22-12)25-19(23-13)28-15-9-27-14-4-6-26-17(14)15/h7-8,14-15,17H,1-6,9,21H2,(H,23,24,25)/t14-,15?,17+/m1/s1. The number of hydrogen-bond donors (Lipinski definition) is 2. The van der Waals surface area contributed by atoms with Crippen molar-refractivity contribution in [2.75, 3.05) is 19.8 Å². The molecule has 8 nitrogen and oxygen atoms in total. The van der Waals surface area contributed by atoms with Crippen molar-refractivity contribution in [1.82, 2.24) is 15.0 Å². The molecule has 3 aliphatic heterocycles. The van der Waals surface area contributed by atoms with E-state index in [-0.39, 0.29) is 18.3 Å². The molecule has 3 aliphatic rings. The minimum absolute atomic E-state index is 0.0450. The number of aromatic amines is 1. The zero-order chi connectivity index (χ0) is 19.1. The maximum absolute atomic E-state index is 6.51. The van der Waals surface area contributed by atoms with E-state index in [2.05, 4.69) is 19.9 Å². The van der Waals surface area contributed by atoms with Gasteiger partial charge in [0.15, 0.2) is 11.8 Å². The number of allylic oxidation sites excluding steroid dienone is 1. The largest absolute Gasteiger partial charge is 0.456 e. The number of ether oxygens (including phenoxy) is 3. The molecule has 0 amide bonds. The topological polar surface area (TPSA) is 108 Å². The normalized spacial score (nSPS) is 27.8. The van der Waals surface area contributed by atoms with Crippen molar-refractivity contribution in [2.24, 2.45) is 10.7 Å². The number of nitrogens with zero attached hydrogens (tertiary/aromatic N) is 3. The van der Waals surface area contributed by atoms with E-state index < -0.39 is 0 Å². The smallest absolute Gasteiger partial charge is 0.296 e. The van der Waals surface area contributed by atoms with Gasteiger partial charge in [0.2, 0.25) is 0 Å². The molecule has 3 atom stereocenters. The zero-order valence-electron chi connectivity index (χ0n) is 15.4. The Balaban J connectivity index is 1.43. The number of nitrogens with two attached hydrogens (primary N) is 1. The number of fused-ring (bicyclic) bond motifs is 2. The van der Waals surface area contributed by atoms with Gasteiger partial charge in [0.25, 0.3) is 6.01 Å². The van der Waals surface area contributed by atoms with Gasteiger partial charge in [0, 0.05) is 30.6 Å². The van der Waals surface area contributed by atoms with Crippen molar-refractivity contribution >= 4 is 34.0 Å². The third-order valence-electron chi connectivity index (χ3n) is 5.45. The van der Waals surface area contributed by atoms with E-state index in [4.69, 9.17) is 31.5 Å². The summed E-state index contributed by atoms with van der Waals surface area (Å²) in [7, 11) is 0. The van der Waals surface area contributed by atoms with Gasteiger partial charge in [0.05, 0.1) is 28.9 Å². The van der Waals surface area contributed by atoms with Crippen molar-refractivity contribution in [3.8, 4) is 6.01 Å². The first kappa shape index (κ1) is 17.9. The van der Waals surface area contributed by atoms with Crippen molar-refractivity contribution in [3.63, 3.8) is 0 Å². The predicted octanol–water partition coefficient (Wildman–Crippen LogP) is 2.47. The van der Waals surface area contributed by atoms with Crippen LogP contribution in [0.4, 0.5) is 0 Å². The Kier molecular flexibility index (Phi) is 4.70. The van der Waals surface area contributed by atoms with Gasteiger partial charge in [-0.05, 0) is 31.7 Å². The van der Waals surface area contributed by atoms with E-state index in [0.29, 0.717) is 41.1 Å². The van der Waals surface area contributed by atoms with Gasteiger partial charge < -0.3 is 24.9 Å². The van der Waals surface area contributed by atoms with Crippen molar-refractivity contribution in [3.05, 3.63) is 23.0 Å². The first-order chi connectivity index (χ1) is 13.7. The van der Waals surface area contributed by atoms with Gasteiger partial charge in [-0.1, -0.05) is 11.6 Å². The first-order valence-electron chi connectivity index (χ1n) is 9.65. The van der Waals surface area contributed by atoms with Gasteiger partial charge in [-0.3, -0.25) is 4.99 Å². The maximum atomic E-state index is 6.51. The van der Waals surface area contributed by atoms with Gasteiger partial charge >= 0.3 is 0 Å². The molecule has 0 spiro atoms. The lowest BCUT2D eigenvalue weighted by Crippen LogP contribution is -2.32. The Labute approximate surface area is 167 Å². The van der Waals surface area contributed by atoms with Gasteiger partial charge in [-0.15, -0.1) is 0 Å². The second-order valence-electron chi connectivity index (χ2n) is 7.25. The summed E-state index contributed by atoms with van der Waals surface area (Å²) in [5.74, 6) is 0. The molecular weight excluding hydrogens is 382 g/mol. The van der Waals surface area contributed by atoms with E-state index in [1.165, 1.54) is 6.20 Å². The molecule has 0 aliphatic carbocycles. The molecule has 0 bridgehead atoms. The summed E-state index contributed by atoms with van der Waals surface area (Å²) in [5.41, 5.74) is 9.42. The predicted molar refractivity (Wildman–Crippen MR) is 106 cm³/mol. The molecule has 0 radical (unpaired) electrons. The minimum atomic E-state index is -0.181. The number of hydrogen-bond acceptors (Lipinski definition) is 7. The van der Waals surface area contributed by atoms with Crippen LogP contribution >= 0.6 is 11.6 Å². The van der Waals surface area contributed by atoms with Crippen LogP contribution in [0.25, 0.3) is 16.7 Å². The summed E-state index contributed by atoms with van der Waals surface area (Å²) in [5, 5.41) is 0.496. The van der Waals surface area contributed by atoms with Crippen LogP contribution in [-0.4, -0.2) is 58.7 Å². The van der Waals surface area contributed by atoms with Crippen LogP contribution in [0.5, 0.6) is 6.01 Å². The highest BCUT2D eigenvalue weighted by Crippen LogP contribution is 2.31. The molecule has 1 unspecified atom stereocenters. The average Bonchev–Trinajstić information content (AvgIpc) is 3.40. The van der Waals surface area contributed by atoms with Crippen LogP contribution in [0.1, 0.15) is 31.4 Å². The molecule has 9 heteroatoms. The number of nitrogens with one attached hydrogen (secondary N) is 1. The summed E-state index contributed by atoms with van der Waals surface area (Å²) in [6, 6.07) is 2.18. The van der Waals surface area contributed by atoms with E-state index in [9.17, 15) is 0 Å². The summed E-state index contributed by atoms with van der Waals surface area (Å²) < 4.78 is 17.4. The molecule has 2 aromatic heterocycles. The number of H-pyrrole nitrogens is 1. The highest BCUT2D eigenvalue weighted by atomic mass is 35.5. The van der Waals surface area contributed by atoms with Gasteiger partial charge in [0.1, 0.15) is 6.10 Å². The Hall–Kier alpha value is -2.16. The Morgan fingerprint density at radius 2 is 2.25 bits per heavy atom. The van der Waals surface area contributed by atoms with Crippen molar-refractivity contribution in [1.29, 1.82) is 0 Å².